The zero-order chi connectivity index (χ0) is 20.0. The number of nitrogens with one attached hydrogen (secondary N) is 1. The van der Waals surface area contributed by atoms with Crippen LogP contribution >= 0.6 is 0 Å². The summed E-state index contributed by atoms with van der Waals surface area (Å²) in [5, 5.41) is 3.00. The Balaban J connectivity index is 1.58. The molecule has 1 aromatic rings. The molecule has 0 bridgehead atoms. The number of allylic oxidation sites excluding steroid dienone is 1. The normalized spacial score (nSPS) is 21.2. The maximum atomic E-state index is 13.1. The molecular formula is C22H32N2O3S. The zero-order valence-corrected chi connectivity index (χ0v) is 17.6. The van der Waals surface area contributed by atoms with Gasteiger partial charge in [0.25, 0.3) is 0 Å². The van der Waals surface area contributed by atoms with Gasteiger partial charge in [-0.05, 0) is 64.0 Å². The molecule has 1 aromatic carbocycles. The fourth-order valence-corrected chi connectivity index (χ4v) is 5.81. The third-order valence-electron chi connectivity index (χ3n) is 5.78. The average molecular weight is 405 g/mol. The van der Waals surface area contributed by atoms with Crippen LogP contribution in [-0.4, -0.2) is 37.8 Å². The standard InChI is InChI=1S/C22H32N2O3S/c1-18-10-12-21(13-11-18)28(26,27)24-16-6-5-9-20(24)17-22(25)23-15-14-19-7-3-2-4-8-19/h7,10-13,20H,2-6,8-9,14-17H2,1H3,(H,23,25)/t20-/m1/s1. The monoisotopic (exact) mass is 404 g/mol. The second-order valence-electron chi connectivity index (χ2n) is 7.99. The van der Waals surface area contributed by atoms with E-state index in [0.29, 0.717) is 18.0 Å². The Bertz CT molecular complexity index is 800. The fourth-order valence-electron chi connectivity index (χ4n) is 4.12. The van der Waals surface area contributed by atoms with Gasteiger partial charge in [0.1, 0.15) is 0 Å². The van der Waals surface area contributed by atoms with E-state index < -0.39 is 10.0 Å². The van der Waals surface area contributed by atoms with Gasteiger partial charge >= 0.3 is 0 Å². The molecule has 0 radical (unpaired) electrons. The Morgan fingerprint density at radius 2 is 1.93 bits per heavy atom. The highest BCUT2D eigenvalue weighted by molar-refractivity contribution is 7.89. The van der Waals surface area contributed by atoms with E-state index in [-0.39, 0.29) is 18.4 Å². The van der Waals surface area contributed by atoms with Gasteiger partial charge in [0.15, 0.2) is 0 Å². The van der Waals surface area contributed by atoms with Gasteiger partial charge in [0.2, 0.25) is 15.9 Å². The average Bonchev–Trinajstić information content (AvgIpc) is 2.69. The molecule has 6 heteroatoms. The van der Waals surface area contributed by atoms with Crippen LogP contribution in [0.4, 0.5) is 0 Å². The Morgan fingerprint density at radius 3 is 2.64 bits per heavy atom. The number of rotatable bonds is 7. The van der Waals surface area contributed by atoms with E-state index in [4.69, 9.17) is 0 Å². The number of carbonyl (C=O) groups is 1. The van der Waals surface area contributed by atoms with Crippen molar-refractivity contribution in [3.05, 3.63) is 41.5 Å². The van der Waals surface area contributed by atoms with E-state index in [9.17, 15) is 13.2 Å². The van der Waals surface area contributed by atoms with Crippen molar-refractivity contribution >= 4 is 15.9 Å². The number of aryl methyl sites for hydroxylation is 1. The van der Waals surface area contributed by atoms with E-state index >= 15 is 0 Å². The van der Waals surface area contributed by atoms with Crippen LogP contribution in [0.15, 0.2) is 40.8 Å². The summed E-state index contributed by atoms with van der Waals surface area (Å²) in [6.45, 7) is 3.07. The first kappa shape index (κ1) is 21.1. The molecule has 3 rings (SSSR count). The number of benzene rings is 1. The van der Waals surface area contributed by atoms with Gasteiger partial charge < -0.3 is 5.32 Å². The van der Waals surface area contributed by atoms with Crippen molar-refractivity contribution in [1.82, 2.24) is 9.62 Å². The summed E-state index contributed by atoms with van der Waals surface area (Å²) in [7, 11) is -3.57. The number of carbonyl (C=O) groups excluding carboxylic acids is 1. The molecule has 1 fully saturated rings. The van der Waals surface area contributed by atoms with Gasteiger partial charge in [-0.2, -0.15) is 4.31 Å². The van der Waals surface area contributed by atoms with Gasteiger partial charge in [-0.25, -0.2) is 8.42 Å². The lowest BCUT2D eigenvalue weighted by atomic mass is 9.97. The van der Waals surface area contributed by atoms with Crippen LogP contribution in [0.1, 0.15) is 63.4 Å². The molecule has 1 aliphatic carbocycles. The third-order valence-corrected chi connectivity index (χ3v) is 7.74. The molecule has 1 amide bonds. The number of hydrogen-bond acceptors (Lipinski definition) is 3. The number of hydrogen-bond donors (Lipinski definition) is 1. The molecule has 1 aliphatic heterocycles. The summed E-state index contributed by atoms with van der Waals surface area (Å²) in [6, 6.07) is 6.70. The Labute approximate surface area is 169 Å². The van der Waals surface area contributed by atoms with E-state index in [2.05, 4.69) is 11.4 Å². The quantitative estimate of drug-likeness (QED) is 0.700. The fraction of sp³-hybridized carbons (Fsp3) is 0.591. The van der Waals surface area contributed by atoms with Crippen molar-refractivity contribution in [2.45, 2.75) is 75.6 Å². The number of nitrogens with zero attached hydrogens (tertiary/aromatic N) is 1. The zero-order valence-electron chi connectivity index (χ0n) is 16.8. The van der Waals surface area contributed by atoms with Crippen molar-refractivity contribution < 1.29 is 13.2 Å². The molecule has 1 heterocycles. The third kappa shape index (κ3) is 5.45. The van der Waals surface area contributed by atoms with Crippen LogP contribution in [0, 0.1) is 6.92 Å². The molecule has 28 heavy (non-hydrogen) atoms. The van der Waals surface area contributed by atoms with Crippen molar-refractivity contribution in [2.24, 2.45) is 0 Å². The minimum absolute atomic E-state index is 0.0487. The molecule has 0 saturated carbocycles. The van der Waals surface area contributed by atoms with E-state index in [1.54, 1.807) is 16.4 Å². The molecule has 0 aromatic heterocycles. The van der Waals surface area contributed by atoms with Crippen molar-refractivity contribution in [3.8, 4) is 0 Å². The first-order valence-corrected chi connectivity index (χ1v) is 11.9. The smallest absolute Gasteiger partial charge is 0.243 e. The summed E-state index contributed by atoms with van der Waals surface area (Å²) < 4.78 is 27.7. The Kier molecular flexibility index (Phi) is 7.30. The highest BCUT2D eigenvalue weighted by atomic mass is 32.2. The van der Waals surface area contributed by atoms with Crippen LogP contribution in [0.3, 0.4) is 0 Å². The molecule has 0 spiro atoms. The van der Waals surface area contributed by atoms with Crippen LogP contribution in [0.2, 0.25) is 0 Å². The molecule has 1 atom stereocenters. The van der Waals surface area contributed by atoms with Gasteiger partial charge in [-0.3, -0.25) is 4.79 Å². The first-order chi connectivity index (χ1) is 13.5. The summed E-state index contributed by atoms with van der Waals surface area (Å²) in [6.07, 6.45) is 10.8. The molecule has 0 unspecified atom stereocenters. The van der Waals surface area contributed by atoms with Gasteiger partial charge in [0.05, 0.1) is 4.90 Å². The van der Waals surface area contributed by atoms with E-state index in [1.807, 2.05) is 19.1 Å². The summed E-state index contributed by atoms with van der Waals surface area (Å²) >= 11 is 0. The lowest BCUT2D eigenvalue weighted by Crippen LogP contribution is -2.46. The largest absolute Gasteiger partial charge is 0.356 e. The minimum atomic E-state index is -3.57. The van der Waals surface area contributed by atoms with Crippen molar-refractivity contribution in [2.75, 3.05) is 13.1 Å². The highest BCUT2D eigenvalue weighted by Crippen LogP contribution is 2.27. The Hall–Kier alpha value is -1.66. The first-order valence-electron chi connectivity index (χ1n) is 10.5. The second-order valence-corrected chi connectivity index (χ2v) is 9.88. The molecule has 1 N–H and O–H groups in total. The second kappa shape index (κ2) is 9.70. The van der Waals surface area contributed by atoms with Crippen molar-refractivity contribution in [1.29, 1.82) is 0 Å². The number of sulfonamides is 1. The topological polar surface area (TPSA) is 66.5 Å². The lowest BCUT2D eigenvalue weighted by Gasteiger charge is -2.34. The van der Waals surface area contributed by atoms with E-state index in [0.717, 1.165) is 44.1 Å². The lowest BCUT2D eigenvalue weighted by molar-refractivity contribution is -0.122. The van der Waals surface area contributed by atoms with Crippen molar-refractivity contribution in [3.63, 3.8) is 0 Å². The molecule has 2 aliphatic rings. The maximum Gasteiger partial charge on any atom is 0.243 e. The number of piperidine rings is 1. The summed E-state index contributed by atoms with van der Waals surface area (Å²) in [4.78, 5) is 12.8. The van der Waals surface area contributed by atoms with Crippen LogP contribution in [0.5, 0.6) is 0 Å². The molecule has 5 nitrogen and oxygen atoms in total. The minimum Gasteiger partial charge on any atom is -0.356 e. The van der Waals surface area contributed by atoms with Gasteiger partial charge in [-0.15, -0.1) is 0 Å². The van der Waals surface area contributed by atoms with Crippen LogP contribution in [-0.2, 0) is 14.8 Å². The predicted octanol–water partition coefficient (Wildman–Crippen LogP) is 3.94. The van der Waals surface area contributed by atoms with Gasteiger partial charge in [0, 0.05) is 25.6 Å². The van der Waals surface area contributed by atoms with E-state index in [1.165, 1.54) is 18.4 Å². The summed E-state index contributed by atoms with van der Waals surface area (Å²) in [5.74, 6) is -0.0487. The highest BCUT2D eigenvalue weighted by Gasteiger charge is 2.34. The van der Waals surface area contributed by atoms with Gasteiger partial charge in [-0.1, -0.05) is 35.8 Å². The number of amides is 1. The Morgan fingerprint density at radius 1 is 1.14 bits per heavy atom. The predicted molar refractivity (Wildman–Crippen MR) is 112 cm³/mol. The molecule has 154 valence electrons. The van der Waals surface area contributed by atoms with Crippen LogP contribution < -0.4 is 5.32 Å². The SMILES string of the molecule is Cc1ccc(S(=O)(=O)N2CCCC[C@@H]2CC(=O)NCCC2=CCCCC2)cc1. The molecule has 1 saturated heterocycles. The van der Waals surface area contributed by atoms with Crippen LogP contribution in [0.25, 0.3) is 0 Å². The molecular weight excluding hydrogens is 372 g/mol. The maximum absolute atomic E-state index is 13.1. The summed E-state index contributed by atoms with van der Waals surface area (Å²) in [5.41, 5.74) is 2.47.